The van der Waals surface area contributed by atoms with E-state index in [9.17, 15) is 9.90 Å². The topological polar surface area (TPSA) is 46.5 Å². The van der Waals surface area contributed by atoms with Crippen LogP contribution in [-0.2, 0) is 10.2 Å². The number of benzene rings is 1. The molecule has 90 valence electrons. The molecule has 1 aromatic rings. The summed E-state index contributed by atoms with van der Waals surface area (Å²) in [4.78, 5) is 11.4. The Labute approximate surface area is 100 Å². The van der Waals surface area contributed by atoms with Crippen molar-refractivity contribution in [1.29, 1.82) is 0 Å². The SMILES string of the molecule is COc1cccc2c1C1(CCC1)CC2C(=O)O. The van der Waals surface area contributed by atoms with E-state index >= 15 is 0 Å². The van der Waals surface area contributed by atoms with Crippen LogP contribution in [0.25, 0.3) is 0 Å². The summed E-state index contributed by atoms with van der Waals surface area (Å²) in [5.41, 5.74) is 2.23. The molecule has 0 bridgehead atoms. The average Bonchev–Trinajstić information content (AvgIpc) is 2.64. The van der Waals surface area contributed by atoms with Crippen LogP contribution < -0.4 is 4.74 Å². The molecule has 1 aromatic carbocycles. The molecular weight excluding hydrogens is 216 g/mol. The number of carboxylic acids is 1. The van der Waals surface area contributed by atoms with E-state index in [1.54, 1.807) is 7.11 Å². The molecule has 2 aliphatic rings. The van der Waals surface area contributed by atoms with E-state index < -0.39 is 5.97 Å². The monoisotopic (exact) mass is 232 g/mol. The Bertz CT molecular complexity index is 474. The van der Waals surface area contributed by atoms with Gasteiger partial charge in [0, 0.05) is 11.0 Å². The van der Waals surface area contributed by atoms with Gasteiger partial charge in [0.1, 0.15) is 5.75 Å². The van der Waals surface area contributed by atoms with Gasteiger partial charge < -0.3 is 9.84 Å². The summed E-state index contributed by atoms with van der Waals surface area (Å²) < 4.78 is 5.42. The predicted octanol–water partition coefficient (Wildman–Crippen LogP) is 2.69. The van der Waals surface area contributed by atoms with Gasteiger partial charge in [-0.1, -0.05) is 18.6 Å². The fraction of sp³-hybridized carbons (Fsp3) is 0.500. The highest BCUT2D eigenvalue weighted by atomic mass is 16.5. The molecule has 1 saturated carbocycles. The van der Waals surface area contributed by atoms with Crippen LogP contribution in [0.15, 0.2) is 18.2 Å². The number of aliphatic carboxylic acids is 1. The molecule has 0 radical (unpaired) electrons. The lowest BCUT2D eigenvalue weighted by atomic mass is 9.64. The van der Waals surface area contributed by atoms with Crippen LogP contribution in [-0.4, -0.2) is 18.2 Å². The fourth-order valence-corrected chi connectivity index (χ4v) is 3.46. The number of ether oxygens (including phenoxy) is 1. The van der Waals surface area contributed by atoms with Gasteiger partial charge in [0.2, 0.25) is 0 Å². The van der Waals surface area contributed by atoms with Crippen molar-refractivity contribution in [2.45, 2.75) is 37.0 Å². The van der Waals surface area contributed by atoms with E-state index in [0.717, 1.165) is 30.6 Å². The lowest BCUT2D eigenvalue weighted by Gasteiger charge is -2.40. The lowest BCUT2D eigenvalue weighted by Crippen LogP contribution is -2.32. The van der Waals surface area contributed by atoms with Gasteiger partial charge in [0.15, 0.2) is 0 Å². The van der Waals surface area contributed by atoms with Crippen molar-refractivity contribution in [3.8, 4) is 5.75 Å². The smallest absolute Gasteiger partial charge is 0.311 e. The molecule has 1 spiro atoms. The summed E-state index contributed by atoms with van der Waals surface area (Å²) in [5.74, 6) is -0.186. The maximum atomic E-state index is 11.4. The maximum absolute atomic E-state index is 11.4. The van der Waals surface area contributed by atoms with E-state index in [0.29, 0.717) is 0 Å². The van der Waals surface area contributed by atoms with Gasteiger partial charge in [-0.15, -0.1) is 0 Å². The van der Waals surface area contributed by atoms with Crippen molar-refractivity contribution in [2.75, 3.05) is 7.11 Å². The van der Waals surface area contributed by atoms with Crippen molar-refractivity contribution >= 4 is 5.97 Å². The number of carbonyl (C=O) groups is 1. The van der Waals surface area contributed by atoms with Crippen LogP contribution >= 0.6 is 0 Å². The Balaban J connectivity index is 2.17. The lowest BCUT2D eigenvalue weighted by molar-refractivity contribution is -0.139. The first kappa shape index (κ1) is 10.6. The molecule has 1 atom stereocenters. The number of methoxy groups -OCH3 is 1. The predicted molar refractivity (Wildman–Crippen MR) is 63.5 cm³/mol. The van der Waals surface area contributed by atoms with Crippen LogP contribution in [0.4, 0.5) is 0 Å². The number of rotatable bonds is 2. The summed E-state index contributed by atoms with van der Waals surface area (Å²) in [6.45, 7) is 0. The Hall–Kier alpha value is -1.51. The third-order valence-corrected chi connectivity index (χ3v) is 4.39. The van der Waals surface area contributed by atoms with E-state index in [4.69, 9.17) is 4.74 Å². The van der Waals surface area contributed by atoms with Gasteiger partial charge in [-0.25, -0.2) is 0 Å². The first-order chi connectivity index (χ1) is 8.18. The Morgan fingerprint density at radius 3 is 2.76 bits per heavy atom. The third kappa shape index (κ3) is 1.31. The summed E-state index contributed by atoms with van der Waals surface area (Å²) in [6, 6.07) is 5.79. The molecule has 2 aliphatic carbocycles. The normalized spacial score (nSPS) is 24.2. The Kier molecular flexibility index (Phi) is 2.18. The standard InChI is InChI=1S/C14H16O3/c1-17-11-5-2-4-9-10(13(15)16)8-14(12(9)11)6-3-7-14/h2,4-5,10H,3,6-8H2,1H3,(H,15,16). The first-order valence-corrected chi connectivity index (χ1v) is 6.08. The quantitative estimate of drug-likeness (QED) is 0.852. The summed E-state index contributed by atoms with van der Waals surface area (Å²) >= 11 is 0. The minimum atomic E-state index is -0.705. The maximum Gasteiger partial charge on any atom is 0.311 e. The molecule has 0 saturated heterocycles. The molecule has 3 nitrogen and oxygen atoms in total. The van der Waals surface area contributed by atoms with Crippen molar-refractivity contribution in [1.82, 2.24) is 0 Å². The molecule has 1 N–H and O–H groups in total. The summed E-state index contributed by atoms with van der Waals surface area (Å²) in [7, 11) is 1.66. The van der Waals surface area contributed by atoms with E-state index in [1.807, 2.05) is 18.2 Å². The molecule has 1 fully saturated rings. The van der Waals surface area contributed by atoms with Gasteiger partial charge >= 0.3 is 5.97 Å². The molecule has 3 heteroatoms. The number of hydrogen-bond donors (Lipinski definition) is 1. The van der Waals surface area contributed by atoms with Crippen LogP contribution in [0.1, 0.15) is 42.7 Å². The highest BCUT2D eigenvalue weighted by molar-refractivity contribution is 5.79. The van der Waals surface area contributed by atoms with Crippen molar-refractivity contribution < 1.29 is 14.6 Å². The van der Waals surface area contributed by atoms with Crippen LogP contribution in [0.3, 0.4) is 0 Å². The molecule has 0 amide bonds. The molecule has 0 aromatic heterocycles. The fourth-order valence-electron chi connectivity index (χ4n) is 3.46. The van der Waals surface area contributed by atoms with E-state index in [1.165, 1.54) is 12.0 Å². The Morgan fingerprint density at radius 2 is 2.24 bits per heavy atom. The molecule has 0 aliphatic heterocycles. The molecule has 3 rings (SSSR count). The van der Waals surface area contributed by atoms with E-state index in [2.05, 4.69) is 0 Å². The van der Waals surface area contributed by atoms with Crippen LogP contribution in [0.5, 0.6) is 5.75 Å². The third-order valence-electron chi connectivity index (χ3n) is 4.39. The van der Waals surface area contributed by atoms with Gasteiger partial charge in [0.05, 0.1) is 13.0 Å². The van der Waals surface area contributed by atoms with Crippen molar-refractivity contribution in [2.24, 2.45) is 0 Å². The molecule has 1 unspecified atom stereocenters. The zero-order chi connectivity index (χ0) is 12.0. The summed E-state index contributed by atoms with van der Waals surface area (Å²) in [5, 5.41) is 9.33. The largest absolute Gasteiger partial charge is 0.496 e. The van der Waals surface area contributed by atoms with Crippen LogP contribution in [0.2, 0.25) is 0 Å². The second-order valence-electron chi connectivity index (χ2n) is 5.15. The number of carboxylic acid groups (broad SMARTS) is 1. The zero-order valence-electron chi connectivity index (χ0n) is 9.90. The molecule has 17 heavy (non-hydrogen) atoms. The average molecular weight is 232 g/mol. The van der Waals surface area contributed by atoms with Gasteiger partial charge in [-0.2, -0.15) is 0 Å². The van der Waals surface area contributed by atoms with Gasteiger partial charge in [-0.3, -0.25) is 4.79 Å². The van der Waals surface area contributed by atoms with E-state index in [-0.39, 0.29) is 11.3 Å². The zero-order valence-corrected chi connectivity index (χ0v) is 9.90. The van der Waals surface area contributed by atoms with Crippen molar-refractivity contribution in [3.05, 3.63) is 29.3 Å². The first-order valence-electron chi connectivity index (χ1n) is 6.08. The van der Waals surface area contributed by atoms with Crippen molar-refractivity contribution in [3.63, 3.8) is 0 Å². The summed E-state index contributed by atoms with van der Waals surface area (Å²) in [6.07, 6.45) is 4.15. The van der Waals surface area contributed by atoms with Gasteiger partial charge in [-0.05, 0) is 30.9 Å². The highest BCUT2D eigenvalue weighted by Crippen LogP contribution is 2.59. The minimum absolute atomic E-state index is 0.0883. The Morgan fingerprint density at radius 1 is 1.47 bits per heavy atom. The minimum Gasteiger partial charge on any atom is -0.496 e. The number of fused-ring (bicyclic) bond motifs is 2. The molecular formula is C14H16O3. The molecule has 0 heterocycles. The van der Waals surface area contributed by atoms with Gasteiger partial charge in [0.25, 0.3) is 0 Å². The second-order valence-corrected chi connectivity index (χ2v) is 5.15. The van der Waals surface area contributed by atoms with Crippen LogP contribution in [0, 0.1) is 0 Å². The second kappa shape index (κ2) is 3.49. The number of hydrogen-bond acceptors (Lipinski definition) is 2. The highest BCUT2D eigenvalue weighted by Gasteiger charge is 2.51.